The van der Waals surface area contributed by atoms with Gasteiger partial charge in [-0.25, -0.2) is 4.79 Å². The Kier molecular flexibility index (Phi) is 8.32. The van der Waals surface area contributed by atoms with Crippen LogP contribution >= 0.6 is 23.4 Å². The largest absolute Gasteiger partial charge is 0.480 e. The molecule has 0 aromatic heterocycles. The molecule has 2 aromatic rings. The fraction of sp³-hybridized carbons (Fsp3) is 0.385. The van der Waals surface area contributed by atoms with Gasteiger partial charge in [-0.1, -0.05) is 66.3 Å². The molecule has 2 aromatic carbocycles. The normalized spacial score (nSPS) is 22.9. The number of amides is 1. The second-order valence-electron chi connectivity index (χ2n) is 8.50. The lowest BCUT2D eigenvalue weighted by molar-refractivity contribution is -0.149. The maximum Gasteiger partial charge on any atom is 0.326 e. The van der Waals surface area contributed by atoms with Crippen molar-refractivity contribution in [2.45, 2.75) is 48.2 Å². The van der Waals surface area contributed by atoms with E-state index in [1.165, 1.54) is 22.2 Å². The van der Waals surface area contributed by atoms with Crippen molar-refractivity contribution in [3.05, 3.63) is 71.3 Å². The van der Waals surface area contributed by atoms with Gasteiger partial charge in [0.15, 0.2) is 0 Å². The van der Waals surface area contributed by atoms with Crippen LogP contribution in [0, 0.1) is 0 Å². The quantitative estimate of drug-likeness (QED) is 0.544. The Bertz CT molecular complexity index is 1050. The van der Waals surface area contributed by atoms with Crippen molar-refractivity contribution in [1.82, 2.24) is 4.90 Å². The molecule has 2 heterocycles. The number of thioether (sulfide) groups is 1. The number of carboxylic acids is 1. The number of carboxylic acid groups (broad SMARTS) is 1. The van der Waals surface area contributed by atoms with Crippen LogP contribution in [0.25, 0.3) is 5.57 Å². The molecule has 2 aliphatic rings. The minimum absolute atomic E-state index is 0.0316. The van der Waals surface area contributed by atoms with Crippen molar-refractivity contribution in [3.63, 3.8) is 0 Å². The lowest BCUT2D eigenvalue weighted by Gasteiger charge is -2.33. The predicted octanol–water partition coefficient (Wildman–Crippen LogP) is 4.90. The summed E-state index contributed by atoms with van der Waals surface area (Å²) in [5.41, 5.74) is 1.83. The molecule has 2 saturated heterocycles. The third-order valence-corrected chi connectivity index (χ3v) is 7.60. The Morgan fingerprint density at radius 2 is 1.94 bits per heavy atom. The molecule has 0 spiro atoms. The van der Waals surface area contributed by atoms with Crippen LogP contribution in [0.3, 0.4) is 0 Å². The summed E-state index contributed by atoms with van der Waals surface area (Å²) < 4.78 is 12.0. The van der Waals surface area contributed by atoms with Crippen molar-refractivity contribution in [2.24, 2.45) is 0 Å². The van der Waals surface area contributed by atoms with Gasteiger partial charge in [0.05, 0.1) is 24.3 Å². The Balaban J connectivity index is 1.39. The molecule has 0 bridgehead atoms. The molecular formula is C26H28ClNO5S. The number of halogens is 1. The van der Waals surface area contributed by atoms with Crippen molar-refractivity contribution >= 4 is 40.8 Å². The minimum atomic E-state index is -0.981. The van der Waals surface area contributed by atoms with Crippen LogP contribution in [-0.4, -0.2) is 59.2 Å². The van der Waals surface area contributed by atoms with E-state index < -0.39 is 12.0 Å². The van der Waals surface area contributed by atoms with Gasteiger partial charge in [0, 0.05) is 23.4 Å². The number of hydrogen-bond donors (Lipinski definition) is 1. The van der Waals surface area contributed by atoms with Gasteiger partial charge >= 0.3 is 5.97 Å². The van der Waals surface area contributed by atoms with Crippen molar-refractivity contribution in [2.75, 3.05) is 19.8 Å². The lowest BCUT2D eigenvalue weighted by atomic mass is 9.99. The number of rotatable bonds is 7. The van der Waals surface area contributed by atoms with E-state index in [1.54, 1.807) is 12.1 Å². The van der Waals surface area contributed by atoms with Crippen LogP contribution in [0.4, 0.5) is 0 Å². The number of aliphatic carboxylic acids is 1. The summed E-state index contributed by atoms with van der Waals surface area (Å²) in [6, 6.07) is 14.7. The van der Waals surface area contributed by atoms with Gasteiger partial charge in [0.2, 0.25) is 0 Å². The van der Waals surface area contributed by atoms with Crippen LogP contribution in [0.2, 0.25) is 5.02 Å². The molecule has 0 aliphatic carbocycles. The second kappa shape index (κ2) is 11.4. The number of carbonyl (C=O) groups is 2. The van der Waals surface area contributed by atoms with Crippen LogP contribution in [-0.2, 0) is 25.5 Å². The molecule has 0 radical (unpaired) electrons. The lowest BCUT2D eigenvalue weighted by Crippen LogP contribution is -2.48. The Morgan fingerprint density at radius 1 is 1.15 bits per heavy atom. The van der Waals surface area contributed by atoms with Gasteiger partial charge in [0.25, 0.3) is 5.91 Å². The highest BCUT2D eigenvalue weighted by Gasteiger charge is 2.33. The van der Waals surface area contributed by atoms with Gasteiger partial charge in [0.1, 0.15) is 11.5 Å². The number of piperidine rings is 1. The molecule has 3 unspecified atom stereocenters. The van der Waals surface area contributed by atoms with E-state index in [0.717, 1.165) is 24.2 Å². The van der Waals surface area contributed by atoms with Crippen LogP contribution in [0.15, 0.2) is 60.0 Å². The average molecular weight is 502 g/mol. The molecule has 0 saturated carbocycles. The Hall–Kier alpha value is -2.32. The minimum Gasteiger partial charge on any atom is -0.480 e. The molecule has 1 amide bonds. The zero-order valence-electron chi connectivity index (χ0n) is 18.8. The molecule has 1 N–H and O–H groups in total. The summed E-state index contributed by atoms with van der Waals surface area (Å²) in [5, 5.41) is 9.96. The van der Waals surface area contributed by atoms with Crippen molar-refractivity contribution < 1.29 is 24.2 Å². The summed E-state index contributed by atoms with van der Waals surface area (Å²) in [5.74, 6) is -1.35. The number of benzene rings is 2. The van der Waals surface area contributed by atoms with E-state index in [-0.39, 0.29) is 23.0 Å². The molecular weight excluding hydrogens is 474 g/mol. The number of nitrogens with zero attached hydrogens (tertiary/aromatic N) is 1. The first kappa shape index (κ1) is 24.8. The van der Waals surface area contributed by atoms with E-state index in [0.29, 0.717) is 36.8 Å². The summed E-state index contributed by atoms with van der Waals surface area (Å²) >= 11 is 8.04. The fourth-order valence-corrected chi connectivity index (χ4v) is 5.58. The van der Waals surface area contributed by atoms with Gasteiger partial charge in [-0.3, -0.25) is 4.79 Å². The van der Waals surface area contributed by atoms with Crippen molar-refractivity contribution in [1.29, 1.82) is 0 Å². The highest BCUT2D eigenvalue weighted by molar-refractivity contribution is 8.00. The SMILES string of the molecule is C=C(C(=O)N1CCCCC1C(=O)O)c1ccc(SC2COCC(Cc3ccccc3)O2)c(Cl)c1. The number of hydrogen-bond acceptors (Lipinski definition) is 5. The van der Waals surface area contributed by atoms with Crippen LogP contribution in [0.5, 0.6) is 0 Å². The third-order valence-electron chi connectivity index (χ3n) is 6.05. The van der Waals surface area contributed by atoms with Gasteiger partial charge in [-0.15, -0.1) is 0 Å². The summed E-state index contributed by atoms with van der Waals surface area (Å²) in [4.78, 5) is 26.8. The highest BCUT2D eigenvalue weighted by Crippen LogP contribution is 2.35. The Labute approximate surface area is 208 Å². The van der Waals surface area contributed by atoms with E-state index in [9.17, 15) is 14.7 Å². The molecule has 34 heavy (non-hydrogen) atoms. The van der Waals surface area contributed by atoms with E-state index in [1.807, 2.05) is 24.3 Å². The van der Waals surface area contributed by atoms with Gasteiger partial charge in [-0.2, -0.15) is 0 Å². The predicted molar refractivity (Wildman–Crippen MR) is 133 cm³/mol. The van der Waals surface area contributed by atoms with E-state index in [4.69, 9.17) is 21.1 Å². The van der Waals surface area contributed by atoms with Crippen LogP contribution in [0.1, 0.15) is 30.4 Å². The standard InChI is InChI=1S/C26H28ClNO5S/c1-17(25(29)28-12-6-5-9-22(28)26(30)31)19-10-11-23(21(27)14-19)34-24-16-32-15-20(33-24)13-18-7-3-2-4-8-18/h2-4,7-8,10-11,14,20,22,24H,1,5-6,9,12-13,15-16H2,(H,30,31). The topological polar surface area (TPSA) is 76.1 Å². The average Bonchev–Trinajstić information content (AvgIpc) is 2.85. The zero-order chi connectivity index (χ0) is 24.1. The molecule has 4 rings (SSSR count). The van der Waals surface area contributed by atoms with Crippen molar-refractivity contribution in [3.8, 4) is 0 Å². The van der Waals surface area contributed by atoms with Gasteiger partial charge in [-0.05, 0) is 42.5 Å². The highest BCUT2D eigenvalue weighted by atomic mass is 35.5. The molecule has 2 aliphatic heterocycles. The first-order chi connectivity index (χ1) is 16.4. The number of likely N-dealkylation sites (tertiary alicyclic amines) is 1. The van der Waals surface area contributed by atoms with E-state index in [2.05, 4.69) is 18.7 Å². The molecule has 3 atom stereocenters. The first-order valence-electron chi connectivity index (χ1n) is 11.4. The Morgan fingerprint density at radius 3 is 2.68 bits per heavy atom. The van der Waals surface area contributed by atoms with Gasteiger partial charge < -0.3 is 19.5 Å². The molecule has 6 nitrogen and oxygen atoms in total. The summed E-state index contributed by atoms with van der Waals surface area (Å²) in [7, 11) is 0. The second-order valence-corrected chi connectivity index (χ2v) is 10.1. The first-order valence-corrected chi connectivity index (χ1v) is 12.6. The zero-order valence-corrected chi connectivity index (χ0v) is 20.4. The molecule has 180 valence electrons. The third kappa shape index (κ3) is 6.02. The number of ether oxygens (including phenoxy) is 2. The smallest absolute Gasteiger partial charge is 0.326 e. The van der Waals surface area contributed by atoms with Crippen LogP contribution < -0.4 is 0 Å². The molecule has 8 heteroatoms. The fourth-order valence-electron chi connectivity index (χ4n) is 4.29. The maximum atomic E-state index is 13.0. The number of carbonyl (C=O) groups excluding carboxylic acids is 1. The van der Waals surface area contributed by atoms with E-state index >= 15 is 0 Å². The maximum absolute atomic E-state index is 13.0. The monoisotopic (exact) mass is 501 g/mol. The summed E-state index contributed by atoms with van der Waals surface area (Å²) in [6.45, 7) is 5.37. The molecule has 2 fully saturated rings. The summed E-state index contributed by atoms with van der Waals surface area (Å²) in [6.07, 6.45) is 2.79.